The summed E-state index contributed by atoms with van der Waals surface area (Å²) in [6.07, 6.45) is 4.16. The number of hydrogen-bond acceptors (Lipinski definition) is 7. The number of para-hydroxylation sites is 1. The van der Waals surface area contributed by atoms with Crippen molar-refractivity contribution < 1.29 is 19.1 Å². The van der Waals surface area contributed by atoms with Crippen molar-refractivity contribution in [1.82, 2.24) is 24.8 Å². The van der Waals surface area contributed by atoms with Gasteiger partial charge in [0, 0.05) is 48.0 Å². The third-order valence-electron chi connectivity index (χ3n) is 8.08. The lowest BCUT2D eigenvalue weighted by Crippen LogP contribution is -2.52. The molecule has 1 fully saturated rings. The number of anilines is 2. The number of fused-ring (bicyclic) bond motifs is 1. The van der Waals surface area contributed by atoms with Gasteiger partial charge in [-0.3, -0.25) is 4.90 Å². The molecule has 11 heteroatoms. The Morgan fingerprint density at radius 2 is 1.77 bits per heavy atom. The third-order valence-corrected chi connectivity index (χ3v) is 8.36. The minimum Gasteiger partial charge on any atom is -0.445 e. The maximum absolute atomic E-state index is 13.5. The summed E-state index contributed by atoms with van der Waals surface area (Å²) in [6.45, 7) is 6.99. The van der Waals surface area contributed by atoms with Gasteiger partial charge in [-0.2, -0.15) is 0 Å². The average Bonchev–Trinajstić information content (AvgIpc) is 3.51. The zero-order valence-corrected chi connectivity index (χ0v) is 28.0. The van der Waals surface area contributed by atoms with Crippen LogP contribution in [-0.4, -0.2) is 61.7 Å². The van der Waals surface area contributed by atoms with Gasteiger partial charge in [-0.05, 0) is 62.9 Å². The number of nitrogens with one attached hydrogen (secondary N) is 2. The number of rotatable bonds is 8. The molecule has 0 unspecified atom stereocenters. The molecule has 2 aromatic heterocycles. The van der Waals surface area contributed by atoms with Gasteiger partial charge in [0.15, 0.2) is 0 Å². The van der Waals surface area contributed by atoms with E-state index in [-0.39, 0.29) is 18.7 Å². The molecule has 0 aliphatic carbocycles. The maximum atomic E-state index is 13.5. The Morgan fingerprint density at radius 3 is 2.54 bits per heavy atom. The van der Waals surface area contributed by atoms with Crippen LogP contribution in [0, 0.1) is 0 Å². The minimum atomic E-state index is -0.670. The van der Waals surface area contributed by atoms with Crippen LogP contribution in [0.4, 0.5) is 21.2 Å². The van der Waals surface area contributed by atoms with Crippen LogP contribution in [0.15, 0.2) is 91.3 Å². The number of carbonyl (C=O) groups excluding carboxylic acids is 2. The van der Waals surface area contributed by atoms with Crippen LogP contribution in [0.2, 0.25) is 5.02 Å². The molecule has 1 atom stereocenters. The molecule has 1 aliphatic heterocycles. The fourth-order valence-corrected chi connectivity index (χ4v) is 5.94. The van der Waals surface area contributed by atoms with E-state index in [2.05, 4.69) is 15.3 Å². The number of nitrogens with zero attached hydrogens (tertiary/aromatic N) is 4. The number of piperidine rings is 1. The summed E-state index contributed by atoms with van der Waals surface area (Å²) in [6, 6.07) is 25.1. The number of amides is 2. The van der Waals surface area contributed by atoms with Crippen molar-refractivity contribution in [3.63, 3.8) is 0 Å². The van der Waals surface area contributed by atoms with E-state index < -0.39 is 11.7 Å². The van der Waals surface area contributed by atoms with Crippen molar-refractivity contribution >= 4 is 46.3 Å². The number of aromatic nitrogens is 3. The molecule has 248 valence electrons. The van der Waals surface area contributed by atoms with Gasteiger partial charge in [-0.1, -0.05) is 72.3 Å². The van der Waals surface area contributed by atoms with E-state index in [4.69, 9.17) is 26.1 Å². The summed E-state index contributed by atoms with van der Waals surface area (Å²) >= 11 is 6.52. The molecule has 0 saturated carbocycles. The summed E-state index contributed by atoms with van der Waals surface area (Å²) in [5, 5.41) is 4.74. The number of carbonyl (C=O) groups is 2. The van der Waals surface area contributed by atoms with Crippen LogP contribution in [0.3, 0.4) is 0 Å². The van der Waals surface area contributed by atoms with Gasteiger partial charge >= 0.3 is 12.2 Å². The highest BCUT2D eigenvalue weighted by atomic mass is 35.5. The topological polar surface area (TPSA) is 113 Å². The van der Waals surface area contributed by atoms with E-state index in [1.807, 2.05) is 106 Å². The molecule has 0 spiro atoms. The number of hydrogen-bond donors (Lipinski definition) is 2. The van der Waals surface area contributed by atoms with Gasteiger partial charge in [0.05, 0.1) is 23.0 Å². The Kier molecular flexibility index (Phi) is 9.82. The Morgan fingerprint density at radius 1 is 1.02 bits per heavy atom. The monoisotopic (exact) mass is 666 g/mol. The lowest BCUT2D eigenvalue weighted by molar-refractivity contribution is 0.00246. The molecule has 48 heavy (non-hydrogen) atoms. The third kappa shape index (κ3) is 8.06. The molecule has 1 aliphatic rings. The van der Waals surface area contributed by atoms with E-state index in [9.17, 15) is 9.59 Å². The average molecular weight is 667 g/mol. The molecule has 2 N–H and O–H groups in total. The van der Waals surface area contributed by atoms with Gasteiger partial charge in [0.1, 0.15) is 12.2 Å². The first kappa shape index (κ1) is 32.8. The summed E-state index contributed by atoms with van der Waals surface area (Å²) in [5.74, 6) is 0.407. The van der Waals surface area contributed by atoms with Crippen LogP contribution >= 0.6 is 11.6 Å². The van der Waals surface area contributed by atoms with Crippen molar-refractivity contribution in [3.8, 4) is 11.3 Å². The Hall–Kier alpha value is -5.09. The van der Waals surface area contributed by atoms with Crippen molar-refractivity contribution in [2.75, 3.05) is 18.4 Å². The summed E-state index contributed by atoms with van der Waals surface area (Å²) < 4.78 is 11.4. The molecule has 3 heterocycles. The fourth-order valence-electron chi connectivity index (χ4n) is 5.75. The smallest absolute Gasteiger partial charge is 0.410 e. The van der Waals surface area contributed by atoms with Crippen molar-refractivity contribution in [1.29, 1.82) is 0 Å². The molecule has 0 radical (unpaired) electrons. The molecule has 5 aromatic rings. The van der Waals surface area contributed by atoms with Crippen LogP contribution in [0.5, 0.6) is 0 Å². The molecule has 2 amide bonds. The largest absolute Gasteiger partial charge is 0.445 e. The summed E-state index contributed by atoms with van der Waals surface area (Å²) in [4.78, 5) is 42.3. The van der Waals surface area contributed by atoms with Crippen LogP contribution < -0.4 is 5.32 Å². The van der Waals surface area contributed by atoms with Gasteiger partial charge < -0.3 is 24.7 Å². The lowest BCUT2D eigenvalue weighted by atomic mass is 10.0. The Balaban J connectivity index is 1.14. The number of H-pyrrole nitrogens is 1. The van der Waals surface area contributed by atoms with Gasteiger partial charge in [-0.15, -0.1) is 0 Å². The first-order chi connectivity index (χ1) is 23.1. The van der Waals surface area contributed by atoms with Crippen molar-refractivity contribution in [2.24, 2.45) is 0 Å². The summed E-state index contributed by atoms with van der Waals surface area (Å²) in [5.41, 5.74) is 4.45. The fraction of sp³-hybridized carbons (Fsp3) is 0.297. The van der Waals surface area contributed by atoms with E-state index in [0.29, 0.717) is 36.3 Å². The normalized spacial score (nSPS) is 14.8. The molecular formula is C37H39ClN6O4. The second kappa shape index (κ2) is 14.4. The number of likely N-dealkylation sites (tertiary alicyclic amines) is 1. The molecule has 6 rings (SSSR count). The van der Waals surface area contributed by atoms with Gasteiger partial charge in [0.2, 0.25) is 5.95 Å². The van der Waals surface area contributed by atoms with Gasteiger partial charge in [-0.25, -0.2) is 19.6 Å². The standard InChI is InChI=1S/C37H39ClN6O4/c1-37(2,3)48-36(46)44(28-12-9-19-43(23-28)35(45)47-24-26-10-5-4-6-11-26)22-25-15-17-27(18-16-25)41-34-40-21-31(38)33(42-34)30-20-39-32-14-8-7-13-29(30)32/h4-8,10-11,13-18,20-21,28,39H,9,12,19,22-24H2,1-3H3,(H,40,41,42)/t28-/m1/s1. The highest BCUT2D eigenvalue weighted by Gasteiger charge is 2.34. The zero-order valence-electron chi connectivity index (χ0n) is 27.3. The lowest BCUT2D eigenvalue weighted by Gasteiger charge is -2.39. The molecule has 0 bridgehead atoms. The van der Waals surface area contributed by atoms with Crippen molar-refractivity contribution in [2.45, 2.75) is 58.4 Å². The van der Waals surface area contributed by atoms with Gasteiger partial charge in [0.25, 0.3) is 0 Å². The van der Waals surface area contributed by atoms with E-state index in [1.54, 1.807) is 16.0 Å². The second-order valence-corrected chi connectivity index (χ2v) is 13.3. The van der Waals surface area contributed by atoms with E-state index in [0.717, 1.165) is 46.1 Å². The molecule has 1 saturated heterocycles. The number of ether oxygens (including phenoxy) is 2. The molecular weight excluding hydrogens is 628 g/mol. The maximum Gasteiger partial charge on any atom is 0.410 e. The first-order valence-electron chi connectivity index (χ1n) is 16.0. The number of halogens is 1. The minimum absolute atomic E-state index is 0.197. The Labute approximate surface area is 285 Å². The molecule has 3 aromatic carbocycles. The second-order valence-electron chi connectivity index (χ2n) is 12.9. The Bertz CT molecular complexity index is 1870. The van der Waals surface area contributed by atoms with Crippen LogP contribution in [0.1, 0.15) is 44.7 Å². The number of aromatic amines is 1. The predicted octanol–water partition coefficient (Wildman–Crippen LogP) is 8.56. The zero-order chi connectivity index (χ0) is 33.7. The molecule has 10 nitrogen and oxygen atoms in total. The quantitative estimate of drug-likeness (QED) is 0.171. The highest BCUT2D eigenvalue weighted by Crippen LogP contribution is 2.33. The SMILES string of the molecule is CC(C)(C)OC(=O)N(Cc1ccc(Nc2ncc(Cl)c(-c3c[nH]c4ccccc34)n2)cc1)[C@@H]1CCCN(C(=O)OCc2ccccc2)C1. The summed E-state index contributed by atoms with van der Waals surface area (Å²) in [7, 11) is 0. The number of benzene rings is 3. The predicted molar refractivity (Wildman–Crippen MR) is 187 cm³/mol. The van der Waals surface area contributed by atoms with E-state index in [1.165, 1.54) is 0 Å². The van der Waals surface area contributed by atoms with E-state index >= 15 is 0 Å². The first-order valence-corrected chi connectivity index (χ1v) is 16.4. The van der Waals surface area contributed by atoms with Crippen LogP contribution in [-0.2, 0) is 22.6 Å². The van der Waals surface area contributed by atoms with Crippen LogP contribution in [0.25, 0.3) is 22.2 Å². The highest BCUT2D eigenvalue weighted by molar-refractivity contribution is 6.33. The van der Waals surface area contributed by atoms with Crippen molar-refractivity contribution in [3.05, 3.63) is 107 Å².